The number of nitrogens with zero attached hydrogens (tertiary/aromatic N) is 1. The van der Waals surface area contributed by atoms with E-state index in [2.05, 4.69) is 0 Å². The van der Waals surface area contributed by atoms with E-state index >= 15 is 0 Å². The summed E-state index contributed by atoms with van der Waals surface area (Å²) in [5, 5.41) is 0. The predicted octanol–water partition coefficient (Wildman–Crippen LogP) is 0.664. The molecule has 0 spiro atoms. The molecule has 0 radical (unpaired) electrons. The number of imide groups is 1. The molecule has 4 heteroatoms. The van der Waals surface area contributed by atoms with Gasteiger partial charge in [0.05, 0.1) is 0 Å². The molecule has 1 aliphatic heterocycles. The molecular formula is C7H6ClNO2. The third-order valence-corrected chi connectivity index (χ3v) is 1.46. The summed E-state index contributed by atoms with van der Waals surface area (Å²) < 4.78 is 0. The Bertz CT molecular complexity index is 227. The van der Waals surface area contributed by atoms with E-state index in [0.29, 0.717) is 0 Å². The van der Waals surface area contributed by atoms with Gasteiger partial charge in [-0.3, -0.25) is 14.5 Å². The van der Waals surface area contributed by atoms with E-state index in [9.17, 15) is 9.59 Å². The second-order valence-electron chi connectivity index (χ2n) is 1.98. The molecule has 0 saturated carbocycles. The lowest BCUT2D eigenvalue weighted by atomic mass is 10.5. The van der Waals surface area contributed by atoms with Crippen molar-refractivity contribution in [3.63, 3.8) is 0 Å². The maximum atomic E-state index is 10.8. The Labute approximate surface area is 68.9 Å². The van der Waals surface area contributed by atoms with Crippen LogP contribution in [0, 0.1) is 0 Å². The number of hydrogen-bond donors (Lipinski definition) is 0. The first kappa shape index (κ1) is 8.01. The fourth-order valence-corrected chi connectivity index (χ4v) is 0.836. The molecule has 0 aromatic rings. The standard InChI is InChI=1S/C7H6ClNO2/c8-4-1-5-9-6(10)2-3-7(9)11/h1-4H,5H2. The van der Waals surface area contributed by atoms with Crippen LogP contribution >= 0.6 is 11.6 Å². The van der Waals surface area contributed by atoms with Gasteiger partial charge in [0.1, 0.15) is 0 Å². The molecule has 0 bridgehead atoms. The van der Waals surface area contributed by atoms with Gasteiger partial charge in [-0.25, -0.2) is 0 Å². The fourth-order valence-electron chi connectivity index (χ4n) is 0.756. The molecule has 0 unspecified atom stereocenters. The molecule has 0 aromatic carbocycles. The van der Waals surface area contributed by atoms with Crippen molar-refractivity contribution in [1.29, 1.82) is 0 Å². The molecule has 0 aromatic heterocycles. The summed E-state index contributed by atoms with van der Waals surface area (Å²) in [6.45, 7) is 0.244. The van der Waals surface area contributed by atoms with Gasteiger partial charge in [0, 0.05) is 24.2 Å². The third-order valence-electron chi connectivity index (χ3n) is 1.28. The lowest BCUT2D eigenvalue weighted by Crippen LogP contribution is -2.29. The zero-order valence-electron chi connectivity index (χ0n) is 5.66. The molecule has 2 amide bonds. The Hall–Kier alpha value is -1.09. The van der Waals surface area contributed by atoms with Crippen LogP contribution in [0.2, 0.25) is 0 Å². The fraction of sp³-hybridized carbons (Fsp3) is 0.143. The van der Waals surface area contributed by atoms with Gasteiger partial charge in [0.2, 0.25) is 0 Å². The normalized spacial score (nSPS) is 17.4. The van der Waals surface area contributed by atoms with E-state index in [1.807, 2.05) is 0 Å². The quantitative estimate of drug-likeness (QED) is 0.573. The van der Waals surface area contributed by atoms with Crippen LogP contribution in [0.15, 0.2) is 23.8 Å². The second kappa shape index (κ2) is 3.34. The molecule has 0 aliphatic carbocycles. The van der Waals surface area contributed by atoms with Gasteiger partial charge in [0.15, 0.2) is 0 Å². The number of amides is 2. The first-order valence-electron chi connectivity index (χ1n) is 3.04. The molecule has 1 heterocycles. The van der Waals surface area contributed by atoms with Crippen LogP contribution in [-0.4, -0.2) is 23.3 Å². The number of hydrogen-bond acceptors (Lipinski definition) is 2. The summed E-state index contributed by atoms with van der Waals surface area (Å²) in [7, 11) is 0. The Morgan fingerprint density at radius 1 is 1.36 bits per heavy atom. The lowest BCUT2D eigenvalue weighted by Gasteiger charge is -2.09. The van der Waals surface area contributed by atoms with Crippen LogP contribution in [0.1, 0.15) is 0 Å². The van der Waals surface area contributed by atoms with Crippen molar-refractivity contribution in [2.75, 3.05) is 6.54 Å². The minimum atomic E-state index is -0.287. The Morgan fingerprint density at radius 3 is 2.36 bits per heavy atom. The second-order valence-corrected chi connectivity index (χ2v) is 2.23. The summed E-state index contributed by atoms with van der Waals surface area (Å²) in [4.78, 5) is 22.8. The summed E-state index contributed by atoms with van der Waals surface area (Å²) in [5.41, 5.74) is 1.28. The molecule has 1 aliphatic rings. The molecule has 58 valence electrons. The van der Waals surface area contributed by atoms with E-state index < -0.39 is 0 Å². The molecular weight excluding hydrogens is 166 g/mol. The first-order chi connectivity index (χ1) is 5.25. The van der Waals surface area contributed by atoms with Gasteiger partial charge in [0.25, 0.3) is 11.8 Å². The zero-order chi connectivity index (χ0) is 8.27. The minimum absolute atomic E-state index is 0.244. The predicted molar refractivity (Wildman–Crippen MR) is 40.9 cm³/mol. The van der Waals surface area contributed by atoms with Crippen LogP contribution in [0.5, 0.6) is 0 Å². The average Bonchev–Trinajstić information content (AvgIpc) is 2.29. The average molecular weight is 172 g/mol. The van der Waals surface area contributed by atoms with Crippen molar-refractivity contribution < 1.29 is 9.59 Å². The largest absolute Gasteiger partial charge is 0.271 e. The number of rotatable bonds is 2. The zero-order valence-corrected chi connectivity index (χ0v) is 6.41. The first-order valence-corrected chi connectivity index (χ1v) is 3.48. The molecule has 1 rings (SSSR count). The molecule has 11 heavy (non-hydrogen) atoms. The van der Waals surface area contributed by atoms with Gasteiger partial charge in [-0.05, 0) is 0 Å². The Kier molecular flexibility index (Phi) is 2.44. The lowest BCUT2D eigenvalue weighted by molar-refractivity contribution is -0.136. The number of carbonyl (C=O) groups is 2. The van der Waals surface area contributed by atoms with Crippen molar-refractivity contribution in [3.8, 4) is 0 Å². The summed E-state index contributed by atoms with van der Waals surface area (Å²) in [5.74, 6) is -0.575. The Balaban J connectivity index is 2.59. The van der Waals surface area contributed by atoms with Crippen LogP contribution in [0.25, 0.3) is 0 Å². The molecule has 0 atom stereocenters. The Morgan fingerprint density at radius 2 is 1.91 bits per heavy atom. The molecule has 0 saturated heterocycles. The van der Waals surface area contributed by atoms with Crippen molar-refractivity contribution in [2.24, 2.45) is 0 Å². The number of carbonyl (C=O) groups excluding carboxylic acids is 2. The van der Waals surface area contributed by atoms with E-state index in [1.54, 1.807) is 0 Å². The topological polar surface area (TPSA) is 37.4 Å². The van der Waals surface area contributed by atoms with Crippen LogP contribution < -0.4 is 0 Å². The SMILES string of the molecule is O=C1C=CC(=O)N1CC=CCl. The summed E-state index contributed by atoms with van der Waals surface area (Å²) in [6.07, 6.45) is 4.01. The third kappa shape index (κ3) is 1.68. The van der Waals surface area contributed by atoms with Crippen LogP contribution in [0.3, 0.4) is 0 Å². The van der Waals surface area contributed by atoms with Gasteiger partial charge in [-0.2, -0.15) is 0 Å². The molecule has 0 N–H and O–H groups in total. The molecule has 0 fully saturated rings. The van der Waals surface area contributed by atoms with Gasteiger partial charge in [-0.15, -0.1) is 0 Å². The van der Waals surface area contributed by atoms with E-state index in [1.165, 1.54) is 23.8 Å². The highest BCUT2D eigenvalue weighted by Gasteiger charge is 2.21. The molecule has 3 nitrogen and oxygen atoms in total. The highest BCUT2D eigenvalue weighted by atomic mass is 35.5. The van der Waals surface area contributed by atoms with Gasteiger partial charge >= 0.3 is 0 Å². The maximum absolute atomic E-state index is 10.8. The maximum Gasteiger partial charge on any atom is 0.253 e. The van der Waals surface area contributed by atoms with Crippen molar-refractivity contribution in [3.05, 3.63) is 23.8 Å². The van der Waals surface area contributed by atoms with Crippen molar-refractivity contribution >= 4 is 23.4 Å². The number of halogens is 1. The van der Waals surface area contributed by atoms with Gasteiger partial charge in [-0.1, -0.05) is 17.7 Å². The van der Waals surface area contributed by atoms with Gasteiger partial charge < -0.3 is 0 Å². The minimum Gasteiger partial charge on any atom is -0.271 e. The highest BCUT2D eigenvalue weighted by molar-refractivity contribution is 6.25. The smallest absolute Gasteiger partial charge is 0.253 e. The van der Waals surface area contributed by atoms with E-state index in [-0.39, 0.29) is 18.4 Å². The van der Waals surface area contributed by atoms with Crippen molar-refractivity contribution in [1.82, 2.24) is 4.90 Å². The summed E-state index contributed by atoms with van der Waals surface area (Å²) in [6, 6.07) is 0. The van der Waals surface area contributed by atoms with E-state index in [0.717, 1.165) is 4.90 Å². The monoisotopic (exact) mass is 171 g/mol. The highest BCUT2D eigenvalue weighted by Crippen LogP contribution is 2.02. The summed E-state index contributed by atoms with van der Waals surface area (Å²) >= 11 is 5.23. The van der Waals surface area contributed by atoms with Crippen molar-refractivity contribution in [2.45, 2.75) is 0 Å². The van der Waals surface area contributed by atoms with E-state index in [4.69, 9.17) is 11.6 Å². The van der Waals surface area contributed by atoms with Crippen LogP contribution in [-0.2, 0) is 9.59 Å². The van der Waals surface area contributed by atoms with Crippen LogP contribution in [0.4, 0.5) is 0 Å².